The van der Waals surface area contributed by atoms with Gasteiger partial charge in [-0.25, -0.2) is 19.0 Å². The molecule has 1 aliphatic heterocycles. The summed E-state index contributed by atoms with van der Waals surface area (Å²) in [5.41, 5.74) is 1.65. The number of hydrogen-bond acceptors (Lipinski definition) is 5. The zero-order valence-corrected chi connectivity index (χ0v) is 15.0. The molecule has 1 atom stereocenters. The van der Waals surface area contributed by atoms with Gasteiger partial charge in [-0.15, -0.1) is 11.3 Å². The van der Waals surface area contributed by atoms with Crippen LogP contribution >= 0.6 is 11.3 Å². The number of nitrogens with one attached hydrogen (secondary N) is 1. The van der Waals surface area contributed by atoms with Crippen molar-refractivity contribution in [2.45, 2.75) is 32.2 Å². The van der Waals surface area contributed by atoms with E-state index in [1.54, 1.807) is 20.6 Å². The maximum absolute atomic E-state index is 13.1. The third-order valence-electron chi connectivity index (χ3n) is 4.52. The average Bonchev–Trinajstić information content (AvgIpc) is 3.20. The molecule has 0 saturated carbocycles. The fourth-order valence-corrected chi connectivity index (χ4v) is 3.92. The molecule has 130 valence electrons. The van der Waals surface area contributed by atoms with Crippen LogP contribution in [0.3, 0.4) is 0 Å². The first kappa shape index (κ1) is 16.2. The van der Waals surface area contributed by atoms with Crippen molar-refractivity contribution >= 4 is 11.3 Å². The smallest absolute Gasteiger partial charge is 0.316 e. The highest BCUT2D eigenvalue weighted by molar-refractivity contribution is 7.09. The Labute approximate surface area is 150 Å². The Morgan fingerprint density at radius 1 is 1.32 bits per heavy atom. The van der Waals surface area contributed by atoms with E-state index in [4.69, 9.17) is 5.10 Å². The van der Waals surface area contributed by atoms with Crippen LogP contribution in [-0.2, 0) is 6.54 Å². The van der Waals surface area contributed by atoms with Gasteiger partial charge in [0.1, 0.15) is 5.82 Å². The summed E-state index contributed by atoms with van der Waals surface area (Å²) in [5, 5.41) is 11.1. The number of hydrogen-bond donors (Lipinski definition) is 1. The summed E-state index contributed by atoms with van der Waals surface area (Å²) in [6, 6.07) is 9.77. The zero-order chi connectivity index (χ0) is 17.2. The first-order chi connectivity index (χ1) is 12.2. The number of aromatic nitrogens is 4. The summed E-state index contributed by atoms with van der Waals surface area (Å²) < 4.78 is 3.31. The highest BCUT2D eigenvalue weighted by Gasteiger charge is 2.25. The minimum absolute atomic E-state index is 0.0996. The summed E-state index contributed by atoms with van der Waals surface area (Å²) in [4.78, 5) is 17.5. The second-order valence-electron chi connectivity index (χ2n) is 6.37. The van der Waals surface area contributed by atoms with Gasteiger partial charge in [0, 0.05) is 17.8 Å². The standard InChI is InChI=1S/C18H21N5OS/c1-13-20-15(12-25-13)11-22-18(24)23(16-7-3-2-4-8-16)17(21-22)14-6-5-9-19-10-14/h2-4,7-8,12,14,19H,5-6,9-11H2,1H3. The maximum Gasteiger partial charge on any atom is 0.350 e. The Bertz CT molecular complexity index is 905. The molecule has 0 bridgehead atoms. The molecule has 0 radical (unpaired) electrons. The molecule has 0 amide bonds. The van der Waals surface area contributed by atoms with Crippen molar-refractivity contribution in [2.75, 3.05) is 13.1 Å². The predicted octanol–water partition coefficient (Wildman–Crippen LogP) is 2.31. The van der Waals surface area contributed by atoms with Gasteiger partial charge in [0.2, 0.25) is 0 Å². The molecule has 1 saturated heterocycles. The first-order valence-corrected chi connectivity index (χ1v) is 9.47. The van der Waals surface area contributed by atoms with Crippen molar-refractivity contribution in [2.24, 2.45) is 0 Å². The summed E-state index contributed by atoms with van der Waals surface area (Å²) in [6.45, 7) is 4.28. The Morgan fingerprint density at radius 2 is 2.16 bits per heavy atom. The molecule has 1 fully saturated rings. The van der Waals surface area contributed by atoms with Gasteiger partial charge >= 0.3 is 5.69 Å². The molecule has 2 aromatic heterocycles. The number of nitrogens with zero attached hydrogens (tertiary/aromatic N) is 4. The van der Waals surface area contributed by atoms with Crippen LogP contribution in [0.4, 0.5) is 0 Å². The van der Waals surface area contributed by atoms with Gasteiger partial charge in [-0.3, -0.25) is 0 Å². The van der Waals surface area contributed by atoms with Gasteiger partial charge < -0.3 is 5.32 Å². The highest BCUT2D eigenvalue weighted by Crippen LogP contribution is 2.23. The fourth-order valence-electron chi connectivity index (χ4n) is 3.32. The number of rotatable bonds is 4. The molecule has 4 rings (SSSR count). The van der Waals surface area contributed by atoms with Crippen molar-refractivity contribution in [1.29, 1.82) is 0 Å². The lowest BCUT2D eigenvalue weighted by Crippen LogP contribution is -2.31. The van der Waals surface area contributed by atoms with Gasteiger partial charge in [0.25, 0.3) is 0 Å². The minimum Gasteiger partial charge on any atom is -0.316 e. The molecule has 6 nitrogen and oxygen atoms in total. The van der Waals surface area contributed by atoms with Crippen LogP contribution < -0.4 is 11.0 Å². The number of thiazole rings is 1. The van der Waals surface area contributed by atoms with E-state index >= 15 is 0 Å². The van der Waals surface area contributed by atoms with E-state index in [1.165, 1.54) is 0 Å². The van der Waals surface area contributed by atoms with Gasteiger partial charge in [-0.1, -0.05) is 18.2 Å². The molecule has 25 heavy (non-hydrogen) atoms. The molecule has 7 heteroatoms. The monoisotopic (exact) mass is 355 g/mol. The molecular formula is C18H21N5OS. The first-order valence-electron chi connectivity index (χ1n) is 8.59. The summed E-state index contributed by atoms with van der Waals surface area (Å²) in [7, 11) is 0. The molecule has 3 aromatic rings. The van der Waals surface area contributed by atoms with Gasteiger partial charge in [-0.2, -0.15) is 5.10 Å². The lowest BCUT2D eigenvalue weighted by Gasteiger charge is -2.22. The van der Waals surface area contributed by atoms with Crippen molar-refractivity contribution in [1.82, 2.24) is 24.6 Å². The quantitative estimate of drug-likeness (QED) is 0.780. The molecule has 3 heterocycles. The Morgan fingerprint density at radius 3 is 2.84 bits per heavy atom. The van der Waals surface area contributed by atoms with E-state index in [0.717, 1.165) is 48.1 Å². The fraction of sp³-hybridized carbons (Fsp3) is 0.389. The maximum atomic E-state index is 13.1. The zero-order valence-electron chi connectivity index (χ0n) is 14.2. The highest BCUT2D eigenvalue weighted by atomic mass is 32.1. The van der Waals surface area contributed by atoms with Crippen LogP contribution in [0.1, 0.15) is 35.3 Å². The van der Waals surface area contributed by atoms with Crippen LogP contribution in [0.2, 0.25) is 0 Å². The van der Waals surface area contributed by atoms with Crippen LogP contribution in [0.5, 0.6) is 0 Å². The normalized spacial score (nSPS) is 17.7. The van der Waals surface area contributed by atoms with E-state index < -0.39 is 0 Å². The molecule has 0 spiro atoms. The van der Waals surface area contributed by atoms with Crippen LogP contribution in [0, 0.1) is 6.92 Å². The molecule has 0 aliphatic carbocycles. The second kappa shape index (κ2) is 6.93. The Hall–Kier alpha value is -2.25. The van der Waals surface area contributed by atoms with Crippen molar-refractivity contribution in [3.8, 4) is 5.69 Å². The minimum atomic E-state index is -0.0996. The molecular weight excluding hydrogens is 334 g/mol. The third kappa shape index (κ3) is 3.29. The number of aryl methyl sites for hydroxylation is 1. The SMILES string of the molecule is Cc1nc(Cn2nc(C3CCCNC3)n(-c3ccccc3)c2=O)cs1. The molecule has 1 aromatic carbocycles. The van der Waals surface area contributed by atoms with E-state index in [2.05, 4.69) is 10.3 Å². The Balaban J connectivity index is 1.78. The van der Waals surface area contributed by atoms with Gasteiger partial charge in [0.05, 0.1) is 22.9 Å². The van der Waals surface area contributed by atoms with E-state index in [0.29, 0.717) is 6.54 Å². The Kier molecular flexibility index (Phi) is 4.50. The summed E-state index contributed by atoms with van der Waals surface area (Å²) >= 11 is 1.59. The summed E-state index contributed by atoms with van der Waals surface area (Å²) in [6.07, 6.45) is 2.15. The van der Waals surface area contributed by atoms with Crippen LogP contribution in [0.15, 0.2) is 40.5 Å². The predicted molar refractivity (Wildman–Crippen MR) is 98.6 cm³/mol. The van der Waals surface area contributed by atoms with Crippen LogP contribution in [0.25, 0.3) is 5.69 Å². The molecule has 1 unspecified atom stereocenters. The van der Waals surface area contributed by atoms with Crippen molar-refractivity contribution in [3.05, 3.63) is 62.7 Å². The van der Waals surface area contributed by atoms with E-state index in [9.17, 15) is 4.79 Å². The van der Waals surface area contributed by atoms with E-state index in [1.807, 2.05) is 42.6 Å². The lowest BCUT2D eigenvalue weighted by atomic mass is 9.99. The van der Waals surface area contributed by atoms with Gasteiger partial charge in [0.15, 0.2) is 0 Å². The largest absolute Gasteiger partial charge is 0.350 e. The number of para-hydroxylation sites is 1. The summed E-state index contributed by atoms with van der Waals surface area (Å²) in [5.74, 6) is 1.09. The second-order valence-corrected chi connectivity index (χ2v) is 7.43. The lowest BCUT2D eigenvalue weighted by molar-refractivity contribution is 0.439. The van der Waals surface area contributed by atoms with Crippen LogP contribution in [-0.4, -0.2) is 32.4 Å². The topological polar surface area (TPSA) is 64.7 Å². The van der Waals surface area contributed by atoms with Crippen molar-refractivity contribution < 1.29 is 0 Å². The third-order valence-corrected chi connectivity index (χ3v) is 5.34. The average molecular weight is 355 g/mol. The van der Waals surface area contributed by atoms with Crippen molar-refractivity contribution in [3.63, 3.8) is 0 Å². The molecule has 1 N–H and O–H groups in total. The molecule has 1 aliphatic rings. The van der Waals surface area contributed by atoms with E-state index in [-0.39, 0.29) is 11.6 Å². The number of piperidine rings is 1. The number of benzene rings is 1. The van der Waals surface area contributed by atoms with Gasteiger partial charge in [-0.05, 0) is 38.4 Å².